The lowest BCUT2D eigenvalue weighted by Gasteiger charge is -2.05. The van der Waals surface area contributed by atoms with E-state index in [2.05, 4.69) is 27.3 Å². The second kappa shape index (κ2) is 8.83. The number of phenolic OH excluding ortho intramolecular Hbond substituents is 1. The average Bonchev–Trinajstić information content (AvgIpc) is 3.04. The normalized spacial score (nSPS) is 11.5. The van der Waals surface area contributed by atoms with Gasteiger partial charge in [0.15, 0.2) is 5.65 Å². The minimum Gasteiger partial charge on any atom is -0.508 e. The van der Waals surface area contributed by atoms with Gasteiger partial charge in [0.2, 0.25) is 0 Å². The third-order valence-corrected chi connectivity index (χ3v) is 4.96. The van der Waals surface area contributed by atoms with E-state index in [1.54, 1.807) is 30.5 Å². The highest BCUT2D eigenvalue weighted by molar-refractivity contribution is 6.10. The van der Waals surface area contributed by atoms with Gasteiger partial charge < -0.3 is 16.2 Å². The molecule has 0 aliphatic rings. The Labute approximate surface area is 179 Å². The molecule has 0 radical (unpaired) electrons. The van der Waals surface area contributed by atoms with Crippen LogP contribution in [0.5, 0.6) is 5.75 Å². The largest absolute Gasteiger partial charge is 0.508 e. The van der Waals surface area contributed by atoms with Crippen molar-refractivity contribution in [2.75, 3.05) is 12.3 Å². The number of nitrogen functional groups attached to an aromatic ring is 1. The summed E-state index contributed by atoms with van der Waals surface area (Å²) in [7, 11) is 0. The van der Waals surface area contributed by atoms with Crippen molar-refractivity contribution in [3.05, 3.63) is 59.7 Å². The van der Waals surface area contributed by atoms with Gasteiger partial charge >= 0.3 is 0 Å². The zero-order valence-electron chi connectivity index (χ0n) is 17.2. The van der Waals surface area contributed by atoms with Crippen molar-refractivity contribution in [3.63, 3.8) is 0 Å². The maximum Gasteiger partial charge on any atom is 0.257 e. The second-order valence-electron chi connectivity index (χ2n) is 7.26. The van der Waals surface area contributed by atoms with Crippen LogP contribution in [-0.4, -0.2) is 38.4 Å². The summed E-state index contributed by atoms with van der Waals surface area (Å²) in [6, 6.07) is 14.1. The van der Waals surface area contributed by atoms with E-state index in [0.29, 0.717) is 34.3 Å². The number of rotatable bonds is 7. The van der Waals surface area contributed by atoms with Crippen LogP contribution in [0.2, 0.25) is 0 Å². The molecule has 2 aromatic carbocycles. The summed E-state index contributed by atoms with van der Waals surface area (Å²) in [5.41, 5.74) is 9.45. The van der Waals surface area contributed by atoms with E-state index in [1.807, 2.05) is 24.3 Å². The van der Waals surface area contributed by atoms with Gasteiger partial charge in [-0.3, -0.25) is 4.79 Å². The number of benzene rings is 2. The summed E-state index contributed by atoms with van der Waals surface area (Å²) >= 11 is 0. The molecule has 158 valence electrons. The van der Waals surface area contributed by atoms with Crippen molar-refractivity contribution in [1.82, 2.24) is 20.0 Å². The topological polar surface area (TPSA) is 118 Å². The number of carbonyl (C=O) groups is 1. The molecule has 0 spiro atoms. The molecular weight excluding hydrogens is 392 g/mol. The molecule has 1 amide bonds. The predicted octanol–water partition coefficient (Wildman–Crippen LogP) is 3.67. The Balaban J connectivity index is 1.81. The molecule has 8 heteroatoms. The van der Waals surface area contributed by atoms with E-state index in [1.165, 1.54) is 4.68 Å². The van der Waals surface area contributed by atoms with Crippen molar-refractivity contribution in [1.29, 1.82) is 0 Å². The number of phenols is 1. The molecule has 0 saturated carbocycles. The number of anilines is 1. The van der Waals surface area contributed by atoms with E-state index in [-0.39, 0.29) is 23.0 Å². The number of amides is 1. The number of hydrogen-bond acceptors (Lipinski definition) is 6. The van der Waals surface area contributed by atoms with E-state index in [4.69, 9.17) is 5.73 Å². The first kappa shape index (κ1) is 20.3. The lowest BCUT2D eigenvalue weighted by molar-refractivity contribution is 0.0955. The smallest absolute Gasteiger partial charge is 0.257 e. The van der Waals surface area contributed by atoms with Gasteiger partial charge in [-0.1, -0.05) is 44.0 Å². The molecule has 0 aliphatic heterocycles. The number of aromatic nitrogens is 3. The molecule has 0 atom stereocenters. The van der Waals surface area contributed by atoms with Crippen molar-refractivity contribution >= 4 is 40.1 Å². The van der Waals surface area contributed by atoms with Crippen molar-refractivity contribution in [3.8, 4) is 5.75 Å². The minimum absolute atomic E-state index is 0.132. The van der Waals surface area contributed by atoms with Crippen LogP contribution in [0.1, 0.15) is 42.1 Å². The number of carbonyl (C=O) groups excluding carboxylic acids is 1. The highest BCUT2D eigenvalue weighted by Gasteiger charge is 2.23. The monoisotopic (exact) mass is 416 g/mol. The summed E-state index contributed by atoms with van der Waals surface area (Å²) < 4.78 is 1.42. The van der Waals surface area contributed by atoms with Crippen LogP contribution in [0.3, 0.4) is 0 Å². The fourth-order valence-corrected chi connectivity index (χ4v) is 3.38. The summed E-state index contributed by atoms with van der Waals surface area (Å²) in [6.45, 7) is 2.67. The number of para-hydroxylation sites is 2. The van der Waals surface area contributed by atoms with Crippen molar-refractivity contribution < 1.29 is 9.90 Å². The van der Waals surface area contributed by atoms with E-state index < -0.39 is 0 Å². The SMILES string of the molecule is CCCCCNC(=O)c1c(N)n(/N=C\c2cccc(O)c2)c2nc3ccccc3nc12. The molecule has 0 saturated heterocycles. The quantitative estimate of drug-likeness (QED) is 0.314. The van der Waals surface area contributed by atoms with Gasteiger partial charge in [-0.15, -0.1) is 0 Å². The van der Waals surface area contributed by atoms with Gasteiger partial charge in [0.05, 0.1) is 17.2 Å². The summed E-state index contributed by atoms with van der Waals surface area (Å²) in [4.78, 5) is 22.3. The van der Waals surface area contributed by atoms with Gasteiger partial charge in [0.25, 0.3) is 5.91 Å². The van der Waals surface area contributed by atoms with Crippen LogP contribution < -0.4 is 11.1 Å². The molecule has 4 rings (SSSR count). The Hall–Kier alpha value is -3.94. The lowest BCUT2D eigenvalue weighted by atomic mass is 10.2. The average molecular weight is 416 g/mol. The summed E-state index contributed by atoms with van der Waals surface area (Å²) in [5.74, 6) is -0.00333. The van der Waals surface area contributed by atoms with Gasteiger partial charge in [0.1, 0.15) is 22.6 Å². The van der Waals surface area contributed by atoms with E-state index in [9.17, 15) is 9.90 Å². The molecule has 4 N–H and O–H groups in total. The van der Waals surface area contributed by atoms with Crippen LogP contribution in [0.15, 0.2) is 53.6 Å². The third-order valence-electron chi connectivity index (χ3n) is 4.96. The van der Waals surface area contributed by atoms with Gasteiger partial charge in [0, 0.05) is 6.54 Å². The van der Waals surface area contributed by atoms with Crippen molar-refractivity contribution in [2.24, 2.45) is 5.10 Å². The number of aromatic hydroxyl groups is 1. The summed E-state index contributed by atoms with van der Waals surface area (Å²) in [6.07, 6.45) is 4.55. The number of nitrogens with one attached hydrogen (secondary N) is 1. The number of hydrogen-bond donors (Lipinski definition) is 3. The number of nitrogens with zero attached hydrogens (tertiary/aromatic N) is 4. The Morgan fingerprint density at radius 1 is 1.16 bits per heavy atom. The zero-order valence-corrected chi connectivity index (χ0v) is 17.2. The maximum absolute atomic E-state index is 13.0. The Bertz CT molecular complexity index is 1280. The molecule has 0 fully saturated rings. The fourth-order valence-electron chi connectivity index (χ4n) is 3.38. The standard InChI is InChI=1S/C23H24N6O2/c1-2-3-6-12-25-23(31)19-20-22(28-18-11-5-4-10-17(18)27-20)29(21(19)24)26-14-15-8-7-9-16(30)13-15/h4-5,7-11,13-14,30H,2-3,6,12,24H2,1H3,(H,25,31)/b26-14-. The molecule has 31 heavy (non-hydrogen) atoms. The molecule has 8 nitrogen and oxygen atoms in total. The summed E-state index contributed by atoms with van der Waals surface area (Å²) in [5, 5.41) is 17.0. The molecule has 2 aromatic heterocycles. The molecule has 0 unspecified atom stereocenters. The van der Waals surface area contributed by atoms with Crippen LogP contribution in [0, 0.1) is 0 Å². The molecule has 2 heterocycles. The third kappa shape index (κ3) is 4.18. The molecule has 4 aromatic rings. The predicted molar refractivity (Wildman–Crippen MR) is 122 cm³/mol. The highest BCUT2D eigenvalue weighted by atomic mass is 16.3. The fraction of sp³-hybridized carbons (Fsp3) is 0.217. The van der Waals surface area contributed by atoms with Gasteiger partial charge in [-0.25, -0.2) is 9.97 Å². The van der Waals surface area contributed by atoms with Crippen LogP contribution >= 0.6 is 0 Å². The Kier molecular flexibility index (Phi) is 5.79. The number of nitrogens with two attached hydrogens (primary N) is 1. The number of fused-ring (bicyclic) bond motifs is 2. The first-order valence-electron chi connectivity index (χ1n) is 10.3. The lowest BCUT2D eigenvalue weighted by Crippen LogP contribution is -2.25. The van der Waals surface area contributed by atoms with E-state index in [0.717, 1.165) is 19.3 Å². The second-order valence-corrected chi connectivity index (χ2v) is 7.26. The zero-order chi connectivity index (χ0) is 21.8. The van der Waals surface area contributed by atoms with Gasteiger partial charge in [-0.2, -0.15) is 9.78 Å². The molecule has 0 bridgehead atoms. The van der Waals surface area contributed by atoms with Gasteiger partial charge in [-0.05, 0) is 36.2 Å². The minimum atomic E-state index is -0.297. The Morgan fingerprint density at radius 2 is 1.94 bits per heavy atom. The molecular formula is C23H24N6O2. The van der Waals surface area contributed by atoms with Crippen LogP contribution in [-0.2, 0) is 0 Å². The van der Waals surface area contributed by atoms with Crippen LogP contribution in [0.4, 0.5) is 5.82 Å². The highest BCUT2D eigenvalue weighted by Crippen LogP contribution is 2.27. The Morgan fingerprint density at radius 3 is 2.68 bits per heavy atom. The number of unbranched alkanes of at least 4 members (excludes halogenated alkanes) is 2. The maximum atomic E-state index is 13.0. The first-order chi connectivity index (χ1) is 15.1. The van der Waals surface area contributed by atoms with Crippen LogP contribution in [0.25, 0.3) is 22.2 Å². The van der Waals surface area contributed by atoms with E-state index >= 15 is 0 Å². The first-order valence-corrected chi connectivity index (χ1v) is 10.3. The van der Waals surface area contributed by atoms with Crippen molar-refractivity contribution in [2.45, 2.75) is 26.2 Å². The molecule has 0 aliphatic carbocycles.